The van der Waals surface area contributed by atoms with Gasteiger partial charge in [0.2, 0.25) is 5.88 Å². The highest BCUT2D eigenvalue weighted by Gasteiger charge is 2.40. The van der Waals surface area contributed by atoms with Crippen LogP contribution in [0.5, 0.6) is 5.88 Å². The molecule has 3 N–H and O–H groups in total. The molecule has 9 nitrogen and oxygen atoms in total. The molecule has 11 heteroatoms. The normalized spacial score (nSPS) is 22.3. The molecule has 2 aromatic rings. The summed E-state index contributed by atoms with van der Waals surface area (Å²) < 4.78 is 40.4. The van der Waals surface area contributed by atoms with Crippen LogP contribution in [0.1, 0.15) is 18.9 Å². The topological polar surface area (TPSA) is 101 Å². The van der Waals surface area contributed by atoms with Crippen LogP contribution in [0.4, 0.5) is 19.4 Å². The molecule has 0 saturated carbocycles. The van der Waals surface area contributed by atoms with Crippen molar-refractivity contribution in [2.45, 2.75) is 26.3 Å². The van der Waals surface area contributed by atoms with Crippen LogP contribution in [0.25, 0.3) is 5.69 Å². The van der Waals surface area contributed by atoms with Crippen LogP contribution in [-0.2, 0) is 4.74 Å². The number of nitrogens with one attached hydrogen (secondary N) is 2. The second kappa shape index (κ2) is 13.2. The van der Waals surface area contributed by atoms with Crippen LogP contribution < -0.4 is 15.4 Å². The Morgan fingerprint density at radius 3 is 2.67 bits per heavy atom. The van der Waals surface area contributed by atoms with Crippen molar-refractivity contribution in [1.82, 2.24) is 20.0 Å². The number of hydrogen-bond acceptors (Lipinski definition) is 6. The average Bonchev–Trinajstić information content (AvgIpc) is 3.50. The number of carbonyl (C=O) groups is 1. The van der Waals surface area contributed by atoms with Crippen LogP contribution in [0.2, 0.25) is 0 Å². The van der Waals surface area contributed by atoms with Crippen LogP contribution in [0, 0.1) is 24.7 Å². The predicted octanol–water partition coefficient (Wildman–Crippen LogP) is 3.98. The van der Waals surface area contributed by atoms with Gasteiger partial charge in [-0.25, -0.2) is 18.3 Å². The lowest BCUT2D eigenvalue weighted by molar-refractivity contribution is 0.0617. The molecule has 1 aliphatic heterocycles. The van der Waals surface area contributed by atoms with Crippen LogP contribution >= 0.6 is 0 Å². The first-order valence-corrected chi connectivity index (χ1v) is 13.3. The molecule has 0 spiro atoms. The number of methoxy groups -OCH3 is 1. The van der Waals surface area contributed by atoms with E-state index in [1.54, 1.807) is 11.8 Å². The molecule has 1 aromatic heterocycles. The van der Waals surface area contributed by atoms with Crippen LogP contribution in [-0.4, -0.2) is 78.4 Å². The van der Waals surface area contributed by atoms with Crippen molar-refractivity contribution in [2.24, 2.45) is 17.8 Å². The number of allylic oxidation sites excluding steroid dienone is 4. The number of para-hydroxylation sites is 1. The summed E-state index contributed by atoms with van der Waals surface area (Å²) in [7, 11) is 1.57. The van der Waals surface area contributed by atoms with Crippen molar-refractivity contribution in [3.05, 3.63) is 59.7 Å². The number of nitrogens with zero attached hydrogens (tertiary/aromatic N) is 3. The molecule has 2 amide bonds. The monoisotopic (exact) mass is 545 g/mol. The Morgan fingerprint density at radius 1 is 1.23 bits per heavy atom. The Balaban J connectivity index is 1.49. The maximum atomic E-state index is 14.1. The first-order chi connectivity index (χ1) is 18.9. The van der Waals surface area contributed by atoms with E-state index in [1.165, 1.54) is 12.2 Å². The molecule has 4 rings (SSSR count). The molecule has 4 unspecified atom stereocenters. The van der Waals surface area contributed by atoms with E-state index in [1.807, 2.05) is 44.2 Å². The molecular formula is C28H37F2N5O4. The molecule has 1 aliphatic carbocycles. The fourth-order valence-corrected chi connectivity index (χ4v) is 5.40. The summed E-state index contributed by atoms with van der Waals surface area (Å²) in [6.07, 6.45) is 3.00. The summed E-state index contributed by atoms with van der Waals surface area (Å²) in [5, 5.41) is 20.3. The van der Waals surface area contributed by atoms with Gasteiger partial charge in [0.05, 0.1) is 37.1 Å². The number of ether oxygens (including phenoxy) is 2. The molecule has 1 aromatic carbocycles. The van der Waals surface area contributed by atoms with Gasteiger partial charge in [-0.2, -0.15) is 0 Å². The van der Waals surface area contributed by atoms with Gasteiger partial charge in [0, 0.05) is 26.7 Å². The highest BCUT2D eigenvalue weighted by atomic mass is 19.2. The third-order valence-electron chi connectivity index (χ3n) is 7.43. The fourth-order valence-electron chi connectivity index (χ4n) is 5.40. The highest BCUT2D eigenvalue weighted by molar-refractivity contribution is 5.89. The number of aromatic nitrogens is 2. The fraction of sp³-hybridized carbons (Fsp3) is 0.500. The van der Waals surface area contributed by atoms with Crippen molar-refractivity contribution < 1.29 is 28.2 Å². The summed E-state index contributed by atoms with van der Waals surface area (Å²) in [4.78, 5) is 15.2. The van der Waals surface area contributed by atoms with E-state index >= 15 is 0 Å². The second-order valence-electron chi connectivity index (χ2n) is 9.93. The van der Waals surface area contributed by atoms with Gasteiger partial charge >= 0.3 is 6.03 Å². The van der Waals surface area contributed by atoms with Gasteiger partial charge in [-0.05, 0) is 62.3 Å². The van der Waals surface area contributed by atoms with E-state index in [0.717, 1.165) is 5.69 Å². The van der Waals surface area contributed by atoms with E-state index in [-0.39, 0.29) is 30.4 Å². The Kier molecular flexibility index (Phi) is 9.71. The molecule has 0 radical (unpaired) electrons. The third-order valence-corrected chi connectivity index (χ3v) is 7.43. The number of urea groups is 1. The minimum atomic E-state index is -0.848. The molecule has 1 saturated heterocycles. The lowest BCUT2D eigenvalue weighted by Gasteiger charge is -2.27. The number of carbonyl (C=O) groups excluding carboxylic acids is 1. The van der Waals surface area contributed by atoms with E-state index in [9.17, 15) is 18.7 Å². The quantitative estimate of drug-likeness (QED) is 0.395. The van der Waals surface area contributed by atoms with E-state index < -0.39 is 17.7 Å². The Labute approximate surface area is 227 Å². The van der Waals surface area contributed by atoms with Gasteiger partial charge in [-0.1, -0.05) is 18.2 Å². The van der Waals surface area contributed by atoms with E-state index in [2.05, 4.69) is 20.6 Å². The predicted molar refractivity (Wildman–Crippen MR) is 144 cm³/mol. The molecule has 39 heavy (non-hydrogen) atoms. The first kappa shape index (κ1) is 28.7. The first-order valence-electron chi connectivity index (χ1n) is 13.3. The summed E-state index contributed by atoms with van der Waals surface area (Å²) >= 11 is 0. The van der Waals surface area contributed by atoms with Crippen molar-refractivity contribution in [1.29, 1.82) is 0 Å². The van der Waals surface area contributed by atoms with Gasteiger partial charge in [0.1, 0.15) is 5.82 Å². The van der Waals surface area contributed by atoms with E-state index in [4.69, 9.17) is 9.47 Å². The van der Waals surface area contributed by atoms with Gasteiger partial charge in [-0.15, -0.1) is 5.10 Å². The number of rotatable bonds is 11. The van der Waals surface area contributed by atoms with Gasteiger partial charge in [0.15, 0.2) is 11.7 Å². The Hall–Kier alpha value is -3.28. The number of anilines is 1. The highest BCUT2D eigenvalue weighted by Crippen LogP contribution is 2.38. The standard InChI is InChI=1S/C28H37F2N5O4/c1-4-39-27-18(2)26(35(33-27)21-8-6-5-7-9-21)32-28(37)31-13-20-14-34(22(16-36)17-38-3)15-23(20)19-10-11-24(29)25(30)12-19/h5-9,11-12,19-20,22-23,36H,4,10,13-17H2,1-3H3,(H2,31,32,37). The number of likely N-dealkylation sites (tertiary alicyclic amines) is 1. The second-order valence-corrected chi connectivity index (χ2v) is 9.93. The lowest BCUT2D eigenvalue weighted by atomic mass is 9.80. The molecule has 0 bridgehead atoms. The molecule has 2 heterocycles. The molecule has 2 aliphatic rings. The Morgan fingerprint density at radius 2 is 2.00 bits per heavy atom. The smallest absolute Gasteiger partial charge is 0.320 e. The zero-order valence-corrected chi connectivity index (χ0v) is 22.6. The van der Waals surface area contributed by atoms with Crippen LogP contribution in [0.3, 0.4) is 0 Å². The maximum absolute atomic E-state index is 14.1. The van der Waals surface area contributed by atoms with Gasteiger partial charge in [-0.3, -0.25) is 10.2 Å². The third kappa shape index (κ3) is 6.66. The maximum Gasteiger partial charge on any atom is 0.320 e. The van der Waals surface area contributed by atoms with Crippen molar-refractivity contribution in [2.75, 3.05) is 51.9 Å². The number of benzene rings is 1. The van der Waals surface area contributed by atoms with Crippen molar-refractivity contribution in [3.8, 4) is 11.6 Å². The number of aliphatic hydroxyl groups excluding tert-OH is 1. The molecular weight excluding hydrogens is 508 g/mol. The van der Waals surface area contributed by atoms with Gasteiger partial charge in [0.25, 0.3) is 0 Å². The molecule has 4 atom stereocenters. The zero-order valence-electron chi connectivity index (χ0n) is 22.6. The summed E-state index contributed by atoms with van der Waals surface area (Å²) in [6.45, 7) is 5.86. The number of aliphatic hydroxyl groups is 1. The van der Waals surface area contributed by atoms with E-state index in [0.29, 0.717) is 56.5 Å². The largest absolute Gasteiger partial charge is 0.477 e. The number of halogens is 2. The Bertz CT molecular complexity index is 1190. The van der Waals surface area contributed by atoms with Crippen molar-refractivity contribution >= 4 is 11.8 Å². The molecule has 1 fully saturated rings. The van der Waals surface area contributed by atoms with Gasteiger partial charge < -0.3 is 19.9 Å². The summed E-state index contributed by atoms with van der Waals surface area (Å²) in [5.74, 6) is -1.08. The zero-order chi connectivity index (χ0) is 27.9. The lowest BCUT2D eigenvalue weighted by Crippen LogP contribution is -2.40. The minimum absolute atomic E-state index is 0.0487. The summed E-state index contributed by atoms with van der Waals surface area (Å²) in [5.41, 5.74) is 1.47. The minimum Gasteiger partial charge on any atom is -0.477 e. The molecule has 212 valence electrons. The number of amides is 2. The number of hydrogen-bond donors (Lipinski definition) is 3. The SMILES string of the molecule is CCOc1nn(-c2ccccc2)c(NC(=O)NCC2CN(C(CO)COC)CC2C2C=C(F)C(F)=CC2)c1C. The van der Waals surface area contributed by atoms with Crippen molar-refractivity contribution in [3.63, 3.8) is 0 Å². The van der Waals surface area contributed by atoms with Crippen LogP contribution in [0.15, 0.2) is 54.1 Å². The summed E-state index contributed by atoms with van der Waals surface area (Å²) in [6, 6.07) is 8.80. The average molecular weight is 546 g/mol.